The number of nitrogens with zero attached hydrogens (tertiary/aromatic N) is 2. The second-order valence-corrected chi connectivity index (χ2v) is 6.26. The van der Waals surface area contributed by atoms with Crippen molar-refractivity contribution in [2.75, 3.05) is 5.32 Å². The minimum absolute atomic E-state index is 0.367. The van der Waals surface area contributed by atoms with E-state index < -0.39 is 11.7 Å². The van der Waals surface area contributed by atoms with Crippen LogP contribution in [0.25, 0.3) is 0 Å². The zero-order valence-electron chi connectivity index (χ0n) is 11.2. The maximum absolute atomic E-state index is 12.8. The average molecular weight is 427 g/mol. The zero-order chi connectivity index (χ0) is 15.8. The Labute approximate surface area is 136 Å². The van der Waals surface area contributed by atoms with Crippen molar-refractivity contribution in [3.8, 4) is 0 Å². The topological polar surface area (TPSA) is 29.9 Å². The molecule has 0 bridgehead atoms. The van der Waals surface area contributed by atoms with E-state index in [-0.39, 0.29) is 0 Å². The summed E-state index contributed by atoms with van der Waals surface area (Å²) >= 11 is 6.52. The summed E-state index contributed by atoms with van der Waals surface area (Å²) in [6.07, 6.45) is -4.37. The van der Waals surface area contributed by atoms with Crippen molar-refractivity contribution in [2.45, 2.75) is 19.6 Å². The fourth-order valence-electron chi connectivity index (χ4n) is 1.91. The van der Waals surface area contributed by atoms with Crippen molar-refractivity contribution in [3.05, 3.63) is 44.1 Å². The lowest BCUT2D eigenvalue weighted by Crippen LogP contribution is -2.09. The molecule has 0 aliphatic carbocycles. The maximum atomic E-state index is 12.8. The number of rotatable bonds is 3. The standard InChI is InChI=1S/C13H12Br2F3N3/c1-7-12(15)11(21(2)20-7)6-19-10-4-8(13(16,17)18)3-9(14)5-10/h3-5,19H,6H2,1-2H3. The van der Waals surface area contributed by atoms with Gasteiger partial charge in [-0.1, -0.05) is 15.9 Å². The first-order valence-corrected chi connectivity index (χ1v) is 7.56. The summed E-state index contributed by atoms with van der Waals surface area (Å²) in [5.74, 6) is 0. The van der Waals surface area contributed by atoms with Gasteiger partial charge in [0, 0.05) is 17.2 Å². The molecule has 21 heavy (non-hydrogen) atoms. The van der Waals surface area contributed by atoms with E-state index in [1.807, 2.05) is 6.92 Å². The van der Waals surface area contributed by atoms with Gasteiger partial charge in [-0.05, 0) is 41.1 Å². The SMILES string of the molecule is Cc1nn(C)c(CNc2cc(Br)cc(C(F)(F)F)c2)c1Br. The number of nitrogens with one attached hydrogen (secondary N) is 1. The molecule has 114 valence electrons. The van der Waals surface area contributed by atoms with Gasteiger partial charge < -0.3 is 5.32 Å². The molecule has 2 aromatic rings. The largest absolute Gasteiger partial charge is 0.416 e. The van der Waals surface area contributed by atoms with Crippen LogP contribution >= 0.6 is 31.9 Å². The van der Waals surface area contributed by atoms with Gasteiger partial charge in [-0.2, -0.15) is 18.3 Å². The monoisotopic (exact) mass is 425 g/mol. The number of hydrogen-bond acceptors (Lipinski definition) is 2. The molecule has 1 aromatic carbocycles. The molecule has 2 rings (SSSR count). The number of aryl methyl sites for hydroxylation is 2. The number of aromatic nitrogens is 2. The summed E-state index contributed by atoms with van der Waals surface area (Å²) in [5.41, 5.74) is 1.39. The number of alkyl halides is 3. The fraction of sp³-hybridized carbons (Fsp3) is 0.308. The molecule has 0 unspecified atom stereocenters. The van der Waals surface area contributed by atoms with Crippen LogP contribution in [0.3, 0.4) is 0 Å². The Morgan fingerprint density at radius 1 is 1.24 bits per heavy atom. The van der Waals surface area contributed by atoms with Crippen LogP contribution in [0.4, 0.5) is 18.9 Å². The second-order valence-electron chi connectivity index (χ2n) is 4.55. The van der Waals surface area contributed by atoms with Gasteiger partial charge in [0.25, 0.3) is 0 Å². The summed E-state index contributed by atoms with van der Waals surface area (Å²) in [4.78, 5) is 0. The minimum atomic E-state index is -4.37. The Balaban J connectivity index is 2.22. The number of benzene rings is 1. The molecule has 0 radical (unpaired) electrons. The van der Waals surface area contributed by atoms with Gasteiger partial charge in [0.15, 0.2) is 0 Å². The van der Waals surface area contributed by atoms with Crippen molar-refractivity contribution in [1.29, 1.82) is 0 Å². The van der Waals surface area contributed by atoms with Gasteiger partial charge in [0.1, 0.15) is 0 Å². The summed E-state index contributed by atoms with van der Waals surface area (Å²) in [6.45, 7) is 2.22. The van der Waals surface area contributed by atoms with Crippen molar-refractivity contribution < 1.29 is 13.2 Å². The fourth-order valence-corrected chi connectivity index (χ4v) is 2.88. The van der Waals surface area contributed by atoms with E-state index in [2.05, 4.69) is 42.3 Å². The van der Waals surface area contributed by atoms with Crippen LogP contribution in [-0.2, 0) is 19.8 Å². The summed E-state index contributed by atoms with van der Waals surface area (Å²) in [7, 11) is 1.79. The molecule has 0 fully saturated rings. The van der Waals surface area contributed by atoms with Gasteiger partial charge in [0.2, 0.25) is 0 Å². The smallest absolute Gasteiger partial charge is 0.379 e. The first kappa shape index (κ1) is 16.4. The van der Waals surface area contributed by atoms with Crippen LogP contribution in [0.1, 0.15) is 17.0 Å². The molecule has 8 heteroatoms. The van der Waals surface area contributed by atoms with E-state index in [1.165, 1.54) is 0 Å². The molecule has 1 N–H and O–H groups in total. The highest BCUT2D eigenvalue weighted by Gasteiger charge is 2.31. The van der Waals surface area contributed by atoms with Crippen molar-refractivity contribution in [1.82, 2.24) is 9.78 Å². The highest BCUT2D eigenvalue weighted by molar-refractivity contribution is 9.10. The Kier molecular flexibility index (Phi) is 4.67. The predicted molar refractivity (Wildman–Crippen MR) is 82.1 cm³/mol. The van der Waals surface area contributed by atoms with E-state index in [9.17, 15) is 13.2 Å². The normalized spacial score (nSPS) is 11.8. The third-order valence-corrected chi connectivity index (χ3v) is 4.44. The Morgan fingerprint density at radius 3 is 2.43 bits per heavy atom. The van der Waals surface area contributed by atoms with Crippen molar-refractivity contribution in [2.24, 2.45) is 7.05 Å². The molecule has 0 aliphatic rings. The van der Waals surface area contributed by atoms with Gasteiger partial charge in [-0.25, -0.2) is 0 Å². The Hall–Kier alpha value is -1.02. The van der Waals surface area contributed by atoms with Crippen LogP contribution in [0.5, 0.6) is 0 Å². The number of halogens is 5. The van der Waals surface area contributed by atoms with Gasteiger partial charge in [-0.15, -0.1) is 0 Å². The van der Waals surface area contributed by atoms with Crippen molar-refractivity contribution >= 4 is 37.5 Å². The highest BCUT2D eigenvalue weighted by Crippen LogP contribution is 2.33. The van der Waals surface area contributed by atoms with E-state index in [0.29, 0.717) is 16.7 Å². The lowest BCUT2D eigenvalue weighted by atomic mass is 10.2. The van der Waals surface area contributed by atoms with Crippen LogP contribution in [0, 0.1) is 6.92 Å². The molecule has 0 saturated heterocycles. The number of anilines is 1. The molecular weight excluding hydrogens is 415 g/mol. The van der Waals surface area contributed by atoms with Gasteiger partial charge >= 0.3 is 6.18 Å². The third-order valence-electron chi connectivity index (χ3n) is 2.95. The maximum Gasteiger partial charge on any atom is 0.416 e. The third kappa shape index (κ3) is 3.79. The lowest BCUT2D eigenvalue weighted by Gasteiger charge is -2.12. The van der Waals surface area contributed by atoms with Gasteiger partial charge in [0.05, 0.1) is 28.0 Å². The van der Waals surface area contributed by atoms with E-state index in [1.54, 1.807) is 17.8 Å². The molecule has 1 heterocycles. The molecule has 0 atom stereocenters. The van der Waals surface area contributed by atoms with Crippen LogP contribution in [0.15, 0.2) is 27.1 Å². The Bertz CT molecular complexity index is 665. The molecule has 1 aromatic heterocycles. The lowest BCUT2D eigenvalue weighted by molar-refractivity contribution is -0.137. The van der Waals surface area contributed by atoms with Crippen LogP contribution in [0.2, 0.25) is 0 Å². The highest BCUT2D eigenvalue weighted by atomic mass is 79.9. The quantitative estimate of drug-likeness (QED) is 0.757. The van der Waals surface area contributed by atoms with E-state index >= 15 is 0 Å². The molecule has 0 saturated carbocycles. The molecule has 0 amide bonds. The summed E-state index contributed by atoms with van der Waals surface area (Å²) < 4.78 is 41.2. The molecular formula is C13H12Br2F3N3. The van der Waals surface area contributed by atoms with E-state index in [0.717, 1.165) is 28.0 Å². The summed E-state index contributed by atoms with van der Waals surface area (Å²) in [5, 5.41) is 7.23. The first-order chi connectivity index (χ1) is 9.68. The van der Waals surface area contributed by atoms with Crippen LogP contribution in [-0.4, -0.2) is 9.78 Å². The van der Waals surface area contributed by atoms with Crippen LogP contribution < -0.4 is 5.32 Å². The van der Waals surface area contributed by atoms with E-state index in [4.69, 9.17) is 0 Å². The number of hydrogen-bond donors (Lipinski definition) is 1. The first-order valence-electron chi connectivity index (χ1n) is 5.98. The summed E-state index contributed by atoms with van der Waals surface area (Å²) in [6, 6.07) is 3.74. The second kappa shape index (κ2) is 6.00. The van der Waals surface area contributed by atoms with Crippen molar-refractivity contribution in [3.63, 3.8) is 0 Å². The Morgan fingerprint density at radius 2 is 1.90 bits per heavy atom. The van der Waals surface area contributed by atoms with Gasteiger partial charge in [-0.3, -0.25) is 4.68 Å². The average Bonchev–Trinajstić information content (AvgIpc) is 2.59. The molecule has 0 spiro atoms. The minimum Gasteiger partial charge on any atom is -0.379 e. The molecule has 3 nitrogen and oxygen atoms in total. The molecule has 0 aliphatic heterocycles. The predicted octanol–water partition coefficient (Wildman–Crippen LogP) is 4.88. The zero-order valence-corrected chi connectivity index (χ0v) is 14.4.